The molecule has 0 saturated carbocycles. The van der Waals surface area contributed by atoms with E-state index in [0.717, 1.165) is 35.4 Å². The molecule has 2 aromatic carbocycles. The summed E-state index contributed by atoms with van der Waals surface area (Å²) in [5, 5.41) is 6.08. The highest BCUT2D eigenvalue weighted by molar-refractivity contribution is 5.95. The molecule has 0 atom stereocenters. The number of likely N-dealkylation sites (N-methyl/N-ethyl adjacent to an activating group) is 1. The Morgan fingerprint density at radius 3 is 2.50 bits per heavy atom. The van der Waals surface area contributed by atoms with Crippen molar-refractivity contribution in [3.8, 4) is 5.75 Å². The molecule has 0 heterocycles. The summed E-state index contributed by atoms with van der Waals surface area (Å²) in [7, 11) is 3.55. The van der Waals surface area contributed by atoms with E-state index >= 15 is 0 Å². The van der Waals surface area contributed by atoms with Crippen molar-refractivity contribution in [3.05, 3.63) is 65.2 Å². The molecule has 2 N–H and O–H groups in total. The summed E-state index contributed by atoms with van der Waals surface area (Å²) in [5.74, 6) is 0.773. The maximum absolute atomic E-state index is 12.4. The molecular formula is C18H22N2O2. The van der Waals surface area contributed by atoms with Gasteiger partial charge in [0.25, 0.3) is 5.91 Å². The van der Waals surface area contributed by atoms with Gasteiger partial charge < -0.3 is 15.4 Å². The molecular weight excluding hydrogens is 276 g/mol. The highest BCUT2D eigenvalue weighted by Crippen LogP contribution is 2.12. The Morgan fingerprint density at radius 1 is 1.09 bits per heavy atom. The lowest BCUT2D eigenvalue weighted by molar-refractivity contribution is 0.0950. The van der Waals surface area contributed by atoms with E-state index in [4.69, 9.17) is 4.74 Å². The van der Waals surface area contributed by atoms with Crippen LogP contribution in [0.15, 0.2) is 48.5 Å². The first-order valence-electron chi connectivity index (χ1n) is 7.38. The maximum Gasteiger partial charge on any atom is 0.251 e. The van der Waals surface area contributed by atoms with Crippen molar-refractivity contribution in [2.75, 3.05) is 20.7 Å². The van der Waals surface area contributed by atoms with Crippen LogP contribution in [0, 0.1) is 0 Å². The lowest BCUT2D eigenvalue weighted by atomic mass is 10.0. The largest absolute Gasteiger partial charge is 0.497 e. The molecule has 4 nitrogen and oxygen atoms in total. The van der Waals surface area contributed by atoms with Crippen molar-refractivity contribution in [2.24, 2.45) is 0 Å². The molecule has 0 aromatic heterocycles. The molecule has 2 rings (SSSR count). The van der Waals surface area contributed by atoms with Gasteiger partial charge in [-0.15, -0.1) is 0 Å². The van der Waals surface area contributed by atoms with Crippen LogP contribution in [-0.4, -0.2) is 26.6 Å². The number of methoxy groups -OCH3 is 1. The molecule has 0 aliphatic rings. The number of carbonyl (C=O) groups excluding carboxylic acids is 1. The van der Waals surface area contributed by atoms with Crippen LogP contribution < -0.4 is 15.4 Å². The Balaban J connectivity index is 1.99. The summed E-state index contributed by atoms with van der Waals surface area (Å²) in [6.07, 6.45) is 0.836. The minimum atomic E-state index is -0.0393. The fourth-order valence-electron chi connectivity index (χ4n) is 2.24. The maximum atomic E-state index is 12.4. The third kappa shape index (κ3) is 4.33. The normalized spacial score (nSPS) is 10.3. The number of nitrogens with one attached hydrogen (secondary N) is 2. The third-order valence-corrected chi connectivity index (χ3v) is 3.52. The van der Waals surface area contributed by atoms with E-state index in [9.17, 15) is 4.79 Å². The van der Waals surface area contributed by atoms with Crippen molar-refractivity contribution in [1.82, 2.24) is 10.6 Å². The number of carbonyl (C=O) groups is 1. The molecule has 2 aromatic rings. The van der Waals surface area contributed by atoms with Crippen LogP contribution in [0.25, 0.3) is 0 Å². The Morgan fingerprint density at radius 2 is 1.82 bits per heavy atom. The van der Waals surface area contributed by atoms with Gasteiger partial charge in [0, 0.05) is 12.1 Å². The average molecular weight is 298 g/mol. The lowest BCUT2D eigenvalue weighted by Crippen LogP contribution is -2.24. The molecule has 0 radical (unpaired) electrons. The monoisotopic (exact) mass is 298 g/mol. The molecule has 116 valence electrons. The molecule has 0 bridgehead atoms. The molecule has 1 amide bonds. The van der Waals surface area contributed by atoms with Crippen LogP contribution >= 0.6 is 0 Å². The van der Waals surface area contributed by atoms with Gasteiger partial charge in [0.2, 0.25) is 0 Å². The third-order valence-electron chi connectivity index (χ3n) is 3.52. The van der Waals surface area contributed by atoms with Gasteiger partial charge in [-0.1, -0.05) is 30.3 Å². The molecule has 0 saturated heterocycles. The van der Waals surface area contributed by atoms with Crippen LogP contribution in [0.4, 0.5) is 0 Å². The topological polar surface area (TPSA) is 50.4 Å². The predicted molar refractivity (Wildman–Crippen MR) is 88.2 cm³/mol. The Bertz CT molecular complexity index is 609. The second kappa shape index (κ2) is 8.20. The molecule has 0 aliphatic carbocycles. The van der Waals surface area contributed by atoms with Crippen LogP contribution in [0.5, 0.6) is 5.75 Å². The second-order valence-corrected chi connectivity index (χ2v) is 5.04. The summed E-state index contributed by atoms with van der Waals surface area (Å²) < 4.78 is 5.12. The van der Waals surface area contributed by atoms with Gasteiger partial charge in [0.05, 0.1) is 7.11 Å². The lowest BCUT2D eigenvalue weighted by Gasteiger charge is -2.10. The second-order valence-electron chi connectivity index (χ2n) is 5.04. The van der Waals surface area contributed by atoms with Crippen LogP contribution in [-0.2, 0) is 13.0 Å². The summed E-state index contributed by atoms with van der Waals surface area (Å²) in [6.45, 7) is 1.35. The number of hydrogen-bond donors (Lipinski definition) is 2. The highest BCUT2D eigenvalue weighted by Gasteiger charge is 2.10. The zero-order chi connectivity index (χ0) is 15.8. The van der Waals surface area contributed by atoms with Gasteiger partial charge in [-0.2, -0.15) is 0 Å². The zero-order valence-electron chi connectivity index (χ0n) is 13.1. The number of hydrogen-bond acceptors (Lipinski definition) is 3. The van der Waals surface area contributed by atoms with E-state index in [-0.39, 0.29) is 5.91 Å². The van der Waals surface area contributed by atoms with E-state index < -0.39 is 0 Å². The van der Waals surface area contributed by atoms with Gasteiger partial charge in [0.1, 0.15) is 5.75 Å². The van der Waals surface area contributed by atoms with Crippen molar-refractivity contribution < 1.29 is 9.53 Å². The van der Waals surface area contributed by atoms with E-state index in [1.807, 2.05) is 55.6 Å². The fraction of sp³-hybridized carbons (Fsp3) is 0.278. The first kappa shape index (κ1) is 16.0. The predicted octanol–water partition coefficient (Wildman–Crippen LogP) is 2.39. The molecule has 0 fully saturated rings. The van der Waals surface area contributed by atoms with Crippen molar-refractivity contribution >= 4 is 5.91 Å². The Kier molecular flexibility index (Phi) is 5.98. The number of amides is 1. The Hall–Kier alpha value is -2.33. The van der Waals surface area contributed by atoms with E-state index in [2.05, 4.69) is 10.6 Å². The van der Waals surface area contributed by atoms with E-state index in [1.165, 1.54) is 0 Å². The summed E-state index contributed by atoms with van der Waals surface area (Å²) in [6, 6.07) is 15.4. The van der Waals surface area contributed by atoms with Gasteiger partial charge in [0.15, 0.2) is 0 Å². The summed E-state index contributed by atoms with van der Waals surface area (Å²) in [4.78, 5) is 12.4. The molecule has 0 aliphatic heterocycles. The van der Waals surface area contributed by atoms with E-state index in [0.29, 0.717) is 6.54 Å². The van der Waals surface area contributed by atoms with Gasteiger partial charge in [-0.05, 0) is 49.3 Å². The minimum Gasteiger partial charge on any atom is -0.497 e. The van der Waals surface area contributed by atoms with Crippen LogP contribution in [0.1, 0.15) is 21.5 Å². The van der Waals surface area contributed by atoms with E-state index in [1.54, 1.807) is 7.11 Å². The smallest absolute Gasteiger partial charge is 0.251 e. The standard InChI is InChI=1S/C18H22N2O2/c1-19-12-11-15-5-3-4-6-17(15)18(21)20-13-14-7-9-16(22-2)10-8-14/h3-10,19H,11-13H2,1-2H3,(H,20,21). The van der Waals surface area contributed by atoms with Gasteiger partial charge in [-0.3, -0.25) is 4.79 Å². The number of rotatable bonds is 7. The van der Waals surface area contributed by atoms with Crippen LogP contribution in [0.3, 0.4) is 0 Å². The zero-order valence-corrected chi connectivity index (χ0v) is 13.1. The minimum absolute atomic E-state index is 0.0393. The fourth-order valence-corrected chi connectivity index (χ4v) is 2.24. The van der Waals surface area contributed by atoms with Crippen molar-refractivity contribution in [3.63, 3.8) is 0 Å². The number of ether oxygens (including phenoxy) is 1. The first-order valence-corrected chi connectivity index (χ1v) is 7.38. The number of benzene rings is 2. The summed E-state index contributed by atoms with van der Waals surface area (Å²) in [5.41, 5.74) is 2.84. The first-order chi connectivity index (χ1) is 10.7. The average Bonchev–Trinajstić information content (AvgIpc) is 2.58. The Labute approximate surface area is 131 Å². The van der Waals surface area contributed by atoms with Gasteiger partial charge >= 0.3 is 0 Å². The molecule has 22 heavy (non-hydrogen) atoms. The molecule has 0 unspecified atom stereocenters. The van der Waals surface area contributed by atoms with Crippen LogP contribution in [0.2, 0.25) is 0 Å². The van der Waals surface area contributed by atoms with Crippen molar-refractivity contribution in [1.29, 1.82) is 0 Å². The van der Waals surface area contributed by atoms with Crippen molar-refractivity contribution in [2.45, 2.75) is 13.0 Å². The quantitative estimate of drug-likeness (QED) is 0.825. The van der Waals surface area contributed by atoms with Gasteiger partial charge in [-0.25, -0.2) is 0 Å². The highest BCUT2D eigenvalue weighted by atomic mass is 16.5. The SMILES string of the molecule is CNCCc1ccccc1C(=O)NCc1ccc(OC)cc1. The molecule has 4 heteroatoms. The molecule has 0 spiro atoms. The summed E-state index contributed by atoms with van der Waals surface area (Å²) >= 11 is 0.